The molecular formula is C97H94N8+8. The molecular weight excluding hydrogens is 1280 g/mol. The van der Waals surface area contributed by atoms with Gasteiger partial charge < -0.3 is 0 Å². The van der Waals surface area contributed by atoms with Gasteiger partial charge in [0.1, 0.15) is 56.4 Å². The van der Waals surface area contributed by atoms with Crippen molar-refractivity contribution < 1.29 is 36.5 Å². The Labute approximate surface area is 620 Å². The van der Waals surface area contributed by atoms with E-state index in [0.717, 1.165) is 0 Å². The van der Waals surface area contributed by atoms with E-state index in [0.29, 0.717) is 0 Å². The molecule has 0 unspecified atom stereocenters. The monoisotopic (exact) mass is 1370 g/mol. The van der Waals surface area contributed by atoms with Crippen molar-refractivity contribution in [3.8, 4) is 113 Å². The summed E-state index contributed by atoms with van der Waals surface area (Å²) in [5.74, 6) is 0. The largest absolute Gasteiger partial charge is 0.277 e. The Kier molecular flexibility index (Phi) is 21.5. The highest BCUT2D eigenvalue weighted by atomic mass is 15.0. The van der Waals surface area contributed by atoms with Gasteiger partial charge in [-0.25, -0.2) is 0 Å². The fraction of sp³-hybridized carbons (Fsp3) is 0.134. The third kappa shape index (κ3) is 15.2. The number of rotatable bonds is 10. The van der Waals surface area contributed by atoms with Crippen LogP contribution in [0.2, 0.25) is 0 Å². The fourth-order valence-corrected chi connectivity index (χ4v) is 14.6. The third-order valence-corrected chi connectivity index (χ3v) is 20.5. The Hall–Kier alpha value is -12.5. The van der Waals surface area contributed by atoms with Crippen molar-refractivity contribution in [1.29, 1.82) is 0 Å². The molecule has 16 rings (SSSR count). The van der Waals surface area contributed by atoms with Crippen molar-refractivity contribution in [2.24, 2.45) is 56.4 Å². The van der Waals surface area contributed by atoms with E-state index in [1.165, 1.54) is 162 Å². The molecule has 8 heteroatoms. The molecule has 0 aliphatic rings. The molecule has 0 aliphatic carbocycles. The molecule has 0 fully saturated rings. The Morgan fingerprint density at radius 1 is 0.171 bits per heavy atom. The maximum atomic E-state index is 2.29. The number of aryl methyl sites for hydroxylation is 9. The van der Waals surface area contributed by atoms with E-state index in [2.05, 4.69) is 462 Å². The summed E-state index contributed by atoms with van der Waals surface area (Å²) in [6.07, 6.45) is 6.64. The van der Waals surface area contributed by atoms with Crippen molar-refractivity contribution in [3.05, 3.63) is 362 Å². The first kappa shape index (κ1) is 70.9. The minimum Gasteiger partial charge on any atom is -0.195 e. The zero-order valence-corrected chi connectivity index (χ0v) is 62.8. The summed E-state index contributed by atoms with van der Waals surface area (Å²) < 4.78 is 18.1. The predicted octanol–water partition coefficient (Wildman–Crippen LogP) is 17.9. The molecule has 8 aromatic carbocycles. The lowest BCUT2D eigenvalue weighted by Gasteiger charge is -2.09. The first-order valence-corrected chi connectivity index (χ1v) is 36.1. The molecule has 105 heavy (non-hydrogen) atoms. The van der Waals surface area contributed by atoms with E-state index in [1.807, 2.05) is 0 Å². The van der Waals surface area contributed by atoms with Gasteiger partial charge in [-0.15, -0.1) is 0 Å². The van der Waals surface area contributed by atoms with Crippen LogP contribution in [0.15, 0.2) is 334 Å². The molecule has 8 nitrogen and oxygen atoms in total. The van der Waals surface area contributed by atoms with Gasteiger partial charge in [-0.05, 0) is 152 Å². The van der Waals surface area contributed by atoms with E-state index in [1.54, 1.807) is 0 Å². The summed E-state index contributed by atoms with van der Waals surface area (Å²) in [6, 6.07) is 112. The molecule has 0 bridgehead atoms. The number of aromatic nitrogens is 8. The molecule has 8 aromatic heterocycles. The highest BCUT2D eigenvalue weighted by Crippen LogP contribution is 2.30. The Bertz CT molecular complexity index is 5740. The maximum absolute atomic E-state index is 2.29. The van der Waals surface area contributed by atoms with Crippen LogP contribution in [0.4, 0.5) is 0 Å². The van der Waals surface area contributed by atoms with Crippen molar-refractivity contribution in [2.75, 3.05) is 0 Å². The van der Waals surface area contributed by atoms with Crippen LogP contribution in [0, 0.1) is 34.6 Å². The molecule has 0 atom stereocenters. The van der Waals surface area contributed by atoms with Crippen LogP contribution >= 0.6 is 0 Å². The average molecular weight is 1370 g/mol. The van der Waals surface area contributed by atoms with Gasteiger partial charge in [0.25, 0.3) is 45.6 Å². The number of hydrogen-bond acceptors (Lipinski definition) is 0. The van der Waals surface area contributed by atoms with Crippen LogP contribution in [0.25, 0.3) is 135 Å². The minimum atomic E-state index is 1.19. The maximum Gasteiger partial charge on any atom is 0.277 e. The molecule has 16 aromatic rings. The summed E-state index contributed by atoms with van der Waals surface area (Å²) in [7, 11) is 17.1. The number of para-hydroxylation sites is 1. The quantitative estimate of drug-likeness (QED) is 0.122. The fourth-order valence-electron chi connectivity index (χ4n) is 14.6. The molecule has 0 amide bonds. The van der Waals surface area contributed by atoms with E-state index < -0.39 is 0 Å². The molecule has 0 N–H and O–H groups in total. The van der Waals surface area contributed by atoms with Crippen molar-refractivity contribution in [2.45, 2.75) is 34.6 Å². The van der Waals surface area contributed by atoms with E-state index >= 15 is 0 Å². The molecule has 0 aliphatic heterocycles. The standard InChI is InChI=1S/C26H26N2.C25H24N2.2C23H22N2/c1-19-11-8-9-14-22(19)24-15-10-16-25(28(24)4)26-17-20(2)23(18-27(26)3)21-12-6-5-7-13-21;1-19-10-7-8-13-22(19)23-14-9-15-25(27(23)3)24-17-16-21(18-26(24)2)20-11-5-4-6-12-20;1-17-9-4-7-12-20(17)21-13-8-14-22(25(21)3)23-15-18-10-5-6-11-19(18)16-24(23)2;1-17-9-4-6-11-19(17)21-13-8-14-22(25(21)3)23-16-15-18-10-5-7-12-20(18)24(23)2/h5-18H,1-4H3;4-18H,1-3H3;2*4-16H,1-3H3/q4*+2. The van der Waals surface area contributed by atoms with E-state index in [9.17, 15) is 0 Å². The number of nitrogens with zero attached hydrogens (tertiary/aromatic N) is 8. The van der Waals surface area contributed by atoms with Crippen LogP contribution in [-0.4, -0.2) is 0 Å². The summed E-state index contributed by atoms with van der Waals surface area (Å²) in [5.41, 5.74) is 32.2. The normalized spacial score (nSPS) is 10.9. The highest BCUT2D eigenvalue weighted by molar-refractivity contribution is 5.83. The van der Waals surface area contributed by atoms with Crippen LogP contribution < -0.4 is 36.5 Å². The first-order chi connectivity index (χ1) is 51.0. The SMILES string of the molecule is Cc1cc(-c2cccc(-c3ccccc3C)[n+]2C)[n+](C)cc1-c1ccccc1.Cc1ccccc1-c1cccc(-c2cc3ccccc3c[n+]2C)[n+]1C.Cc1ccccc1-c1cccc(-c2ccc(-c3ccccc3)c[n+]2C)[n+]1C.Cc1ccccc1-c1cccc(-c2ccc3ccccc3[n+]2C)[n+]1C. The van der Waals surface area contributed by atoms with Crippen molar-refractivity contribution in [3.63, 3.8) is 0 Å². The van der Waals surface area contributed by atoms with E-state index in [-0.39, 0.29) is 0 Å². The summed E-state index contributed by atoms with van der Waals surface area (Å²) in [5, 5.41) is 3.77. The van der Waals surface area contributed by atoms with Crippen LogP contribution in [-0.2, 0) is 56.4 Å². The van der Waals surface area contributed by atoms with Gasteiger partial charge in [0.05, 0.1) is 0 Å². The lowest BCUT2D eigenvalue weighted by Crippen LogP contribution is -2.40. The number of pyridine rings is 8. The number of benzene rings is 8. The number of hydrogen-bond donors (Lipinski definition) is 0. The smallest absolute Gasteiger partial charge is 0.195 e. The molecule has 0 saturated carbocycles. The molecule has 514 valence electrons. The second-order valence-corrected chi connectivity index (χ2v) is 27.4. The Morgan fingerprint density at radius 3 is 0.962 bits per heavy atom. The first-order valence-electron chi connectivity index (χ1n) is 36.1. The van der Waals surface area contributed by atoms with Gasteiger partial charge in [-0.2, -0.15) is 36.5 Å². The van der Waals surface area contributed by atoms with Gasteiger partial charge in [-0.1, -0.05) is 164 Å². The second kappa shape index (κ2) is 31.8. The van der Waals surface area contributed by atoms with Gasteiger partial charge in [0.15, 0.2) is 18.6 Å². The van der Waals surface area contributed by atoms with Crippen molar-refractivity contribution >= 4 is 21.7 Å². The van der Waals surface area contributed by atoms with Gasteiger partial charge >= 0.3 is 0 Å². The predicted molar refractivity (Wildman–Crippen MR) is 428 cm³/mol. The van der Waals surface area contributed by atoms with Gasteiger partial charge in [0, 0.05) is 123 Å². The molecule has 0 saturated heterocycles. The summed E-state index contributed by atoms with van der Waals surface area (Å²) in [4.78, 5) is 0. The molecule has 8 heterocycles. The van der Waals surface area contributed by atoms with Crippen molar-refractivity contribution in [1.82, 2.24) is 0 Å². The van der Waals surface area contributed by atoms with Gasteiger partial charge in [0.2, 0.25) is 28.3 Å². The van der Waals surface area contributed by atoms with Crippen LogP contribution in [0.5, 0.6) is 0 Å². The topological polar surface area (TPSA) is 31.0 Å². The van der Waals surface area contributed by atoms with Crippen LogP contribution in [0.1, 0.15) is 27.8 Å². The molecule has 0 spiro atoms. The zero-order chi connectivity index (χ0) is 73.3. The summed E-state index contributed by atoms with van der Waals surface area (Å²) >= 11 is 0. The third-order valence-electron chi connectivity index (χ3n) is 20.5. The van der Waals surface area contributed by atoms with E-state index in [4.69, 9.17) is 0 Å². The lowest BCUT2D eigenvalue weighted by atomic mass is 10.0. The number of fused-ring (bicyclic) bond motifs is 2. The summed E-state index contributed by atoms with van der Waals surface area (Å²) in [6.45, 7) is 10.9. The molecule has 0 radical (unpaired) electrons. The highest BCUT2D eigenvalue weighted by Gasteiger charge is 2.29. The lowest BCUT2D eigenvalue weighted by molar-refractivity contribution is -0.685. The zero-order valence-electron chi connectivity index (χ0n) is 62.8. The average Bonchev–Trinajstić information content (AvgIpc) is 0.793. The second-order valence-electron chi connectivity index (χ2n) is 27.4. The van der Waals surface area contributed by atoms with Gasteiger partial charge in [-0.3, -0.25) is 0 Å². The minimum absolute atomic E-state index is 1.19. The van der Waals surface area contributed by atoms with Crippen LogP contribution in [0.3, 0.4) is 0 Å². The Balaban J connectivity index is 0.000000124. The Morgan fingerprint density at radius 2 is 0.505 bits per heavy atom.